The number of halogens is 1. The fourth-order valence-corrected chi connectivity index (χ4v) is 2.37. The van der Waals surface area contributed by atoms with Gasteiger partial charge in [-0.15, -0.1) is 0 Å². The van der Waals surface area contributed by atoms with Crippen LogP contribution in [0.4, 0.5) is 0 Å². The summed E-state index contributed by atoms with van der Waals surface area (Å²) in [5.74, 6) is 0.630. The topological polar surface area (TPSA) is 12.0 Å². The summed E-state index contributed by atoms with van der Waals surface area (Å²) in [5.41, 5.74) is 1.42. The van der Waals surface area contributed by atoms with Gasteiger partial charge in [-0.25, -0.2) is 0 Å². The van der Waals surface area contributed by atoms with E-state index < -0.39 is 0 Å². The van der Waals surface area contributed by atoms with Crippen molar-refractivity contribution in [1.82, 2.24) is 5.32 Å². The van der Waals surface area contributed by atoms with Gasteiger partial charge in [0.05, 0.1) is 0 Å². The lowest BCUT2D eigenvalue weighted by molar-refractivity contribution is 0.420. The fraction of sp³-hybridized carbons (Fsp3) is 0.500. The molecule has 78 valence electrons. The van der Waals surface area contributed by atoms with Crippen LogP contribution in [0.25, 0.3) is 0 Å². The molecule has 0 aromatic heterocycles. The summed E-state index contributed by atoms with van der Waals surface area (Å²) in [6, 6.07) is 9.07. The van der Waals surface area contributed by atoms with Gasteiger partial charge >= 0.3 is 0 Å². The van der Waals surface area contributed by atoms with Crippen molar-refractivity contribution in [2.75, 3.05) is 6.54 Å². The Balaban J connectivity index is 2.93. The first-order valence-corrected chi connectivity index (χ1v) is 6.22. The van der Waals surface area contributed by atoms with Crippen LogP contribution in [0.3, 0.4) is 0 Å². The van der Waals surface area contributed by atoms with Crippen molar-refractivity contribution in [2.24, 2.45) is 5.92 Å². The van der Waals surface area contributed by atoms with Crippen LogP contribution in [0.1, 0.15) is 32.4 Å². The fourth-order valence-electron chi connectivity index (χ4n) is 1.65. The number of nitrogens with one attached hydrogen (secondary N) is 1. The minimum atomic E-state index is 0.480. The monoisotopic (exact) mass is 303 g/mol. The number of hydrogen-bond acceptors (Lipinski definition) is 1. The van der Waals surface area contributed by atoms with Gasteiger partial charge in [-0.1, -0.05) is 39.0 Å². The second kappa shape index (κ2) is 5.71. The Kier molecular flexibility index (Phi) is 4.89. The van der Waals surface area contributed by atoms with Gasteiger partial charge in [0.25, 0.3) is 0 Å². The molecule has 1 rings (SSSR count). The Morgan fingerprint density at radius 1 is 1.29 bits per heavy atom. The largest absolute Gasteiger partial charge is 0.310 e. The zero-order valence-corrected chi connectivity index (χ0v) is 11.2. The average molecular weight is 303 g/mol. The molecule has 2 heteroatoms. The van der Waals surface area contributed by atoms with Gasteiger partial charge < -0.3 is 5.32 Å². The third-order valence-electron chi connectivity index (χ3n) is 2.33. The number of hydrogen-bond donors (Lipinski definition) is 1. The van der Waals surface area contributed by atoms with E-state index in [1.807, 2.05) is 0 Å². The molecule has 0 bridgehead atoms. The van der Waals surface area contributed by atoms with Crippen molar-refractivity contribution in [2.45, 2.75) is 26.8 Å². The van der Waals surface area contributed by atoms with E-state index >= 15 is 0 Å². The molecule has 0 aliphatic rings. The molecule has 0 aliphatic heterocycles. The Labute approximate surface area is 100 Å². The summed E-state index contributed by atoms with van der Waals surface area (Å²) >= 11 is 2.41. The van der Waals surface area contributed by atoms with Crippen LogP contribution in [0.5, 0.6) is 0 Å². The van der Waals surface area contributed by atoms with Gasteiger partial charge in [0.2, 0.25) is 0 Å². The predicted molar refractivity (Wildman–Crippen MR) is 70.4 cm³/mol. The molecule has 0 fully saturated rings. The molecular weight excluding hydrogens is 285 g/mol. The SMILES string of the molecule is CCNC(c1ccccc1I)C(C)C. The van der Waals surface area contributed by atoms with Crippen molar-refractivity contribution >= 4 is 22.6 Å². The zero-order chi connectivity index (χ0) is 10.6. The van der Waals surface area contributed by atoms with Gasteiger partial charge in [-0.05, 0) is 46.7 Å². The molecule has 0 saturated carbocycles. The molecule has 0 aliphatic carbocycles. The second-order valence-electron chi connectivity index (χ2n) is 3.80. The van der Waals surface area contributed by atoms with Gasteiger partial charge in [0, 0.05) is 9.61 Å². The van der Waals surface area contributed by atoms with Crippen LogP contribution in [-0.2, 0) is 0 Å². The molecule has 0 heterocycles. The lowest BCUT2D eigenvalue weighted by atomic mass is 9.96. The first-order chi connectivity index (χ1) is 6.66. The molecule has 1 nitrogen and oxygen atoms in total. The van der Waals surface area contributed by atoms with Crippen molar-refractivity contribution in [1.29, 1.82) is 0 Å². The van der Waals surface area contributed by atoms with Gasteiger partial charge in [-0.2, -0.15) is 0 Å². The lowest BCUT2D eigenvalue weighted by Gasteiger charge is -2.23. The molecular formula is C12H18IN. The predicted octanol–water partition coefficient (Wildman–Crippen LogP) is 3.60. The van der Waals surface area contributed by atoms with E-state index in [1.165, 1.54) is 9.13 Å². The van der Waals surface area contributed by atoms with Crippen molar-refractivity contribution in [3.8, 4) is 0 Å². The highest BCUT2D eigenvalue weighted by molar-refractivity contribution is 14.1. The smallest absolute Gasteiger partial charge is 0.0353 e. The maximum Gasteiger partial charge on any atom is 0.0353 e. The molecule has 14 heavy (non-hydrogen) atoms. The zero-order valence-electron chi connectivity index (χ0n) is 9.05. The maximum atomic E-state index is 3.53. The van der Waals surface area contributed by atoms with Gasteiger partial charge in [-0.3, -0.25) is 0 Å². The van der Waals surface area contributed by atoms with E-state index in [-0.39, 0.29) is 0 Å². The van der Waals surface area contributed by atoms with Crippen LogP contribution in [0, 0.1) is 9.49 Å². The normalized spacial score (nSPS) is 13.2. The Hall–Kier alpha value is -0.0900. The van der Waals surface area contributed by atoms with E-state index in [0.29, 0.717) is 12.0 Å². The first kappa shape index (κ1) is 12.0. The highest BCUT2D eigenvalue weighted by atomic mass is 127. The van der Waals surface area contributed by atoms with Crippen molar-refractivity contribution in [3.05, 3.63) is 33.4 Å². The van der Waals surface area contributed by atoms with Crippen molar-refractivity contribution in [3.63, 3.8) is 0 Å². The second-order valence-corrected chi connectivity index (χ2v) is 4.96. The Morgan fingerprint density at radius 2 is 1.93 bits per heavy atom. The minimum absolute atomic E-state index is 0.480. The van der Waals surface area contributed by atoms with E-state index in [1.54, 1.807) is 0 Å². The summed E-state index contributed by atoms with van der Waals surface area (Å²) in [6.45, 7) is 7.70. The quantitative estimate of drug-likeness (QED) is 0.838. The summed E-state index contributed by atoms with van der Waals surface area (Å²) in [6.07, 6.45) is 0. The summed E-state index contributed by atoms with van der Waals surface area (Å²) in [5, 5.41) is 3.53. The van der Waals surface area contributed by atoms with Crippen LogP contribution in [0.2, 0.25) is 0 Å². The van der Waals surface area contributed by atoms with Crippen LogP contribution in [-0.4, -0.2) is 6.54 Å². The van der Waals surface area contributed by atoms with Crippen molar-refractivity contribution < 1.29 is 0 Å². The third kappa shape index (κ3) is 2.95. The Bertz CT molecular complexity index is 283. The minimum Gasteiger partial charge on any atom is -0.310 e. The highest BCUT2D eigenvalue weighted by Crippen LogP contribution is 2.25. The molecule has 1 atom stereocenters. The summed E-state index contributed by atoms with van der Waals surface area (Å²) in [4.78, 5) is 0. The van der Waals surface area contributed by atoms with Gasteiger partial charge in [0.15, 0.2) is 0 Å². The molecule has 1 aromatic rings. The molecule has 0 radical (unpaired) electrons. The Morgan fingerprint density at radius 3 is 2.43 bits per heavy atom. The molecule has 0 spiro atoms. The first-order valence-electron chi connectivity index (χ1n) is 5.14. The molecule has 0 amide bonds. The third-order valence-corrected chi connectivity index (χ3v) is 3.31. The number of benzene rings is 1. The standard InChI is InChI=1S/C12H18IN/c1-4-14-12(9(2)3)10-7-5-6-8-11(10)13/h5-9,12,14H,4H2,1-3H3. The molecule has 0 saturated heterocycles. The van der Waals surface area contributed by atoms with Gasteiger partial charge in [0.1, 0.15) is 0 Å². The summed E-state index contributed by atoms with van der Waals surface area (Å²) in [7, 11) is 0. The van der Waals surface area contributed by atoms with E-state index in [2.05, 4.69) is 72.9 Å². The van der Waals surface area contributed by atoms with Crippen LogP contribution >= 0.6 is 22.6 Å². The van der Waals surface area contributed by atoms with E-state index in [9.17, 15) is 0 Å². The van der Waals surface area contributed by atoms with Crippen LogP contribution in [0.15, 0.2) is 24.3 Å². The molecule has 1 N–H and O–H groups in total. The van der Waals surface area contributed by atoms with E-state index in [4.69, 9.17) is 0 Å². The highest BCUT2D eigenvalue weighted by Gasteiger charge is 2.16. The van der Waals surface area contributed by atoms with E-state index in [0.717, 1.165) is 6.54 Å². The maximum absolute atomic E-state index is 3.53. The lowest BCUT2D eigenvalue weighted by Crippen LogP contribution is -2.26. The molecule has 1 aromatic carbocycles. The molecule has 1 unspecified atom stereocenters. The van der Waals surface area contributed by atoms with Crippen LogP contribution < -0.4 is 5.32 Å². The number of rotatable bonds is 4. The average Bonchev–Trinajstić information content (AvgIpc) is 2.15. The summed E-state index contributed by atoms with van der Waals surface area (Å²) < 4.78 is 1.35.